The number of para-hydroxylation sites is 1. The Labute approximate surface area is 188 Å². The fourth-order valence-corrected chi connectivity index (χ4v) is 4.18. The number of anilines is 1. The molecule has 1 aliphatic heterocycles. The first-order chi connectivity index (χ1) is 15.1. The van der Waals surface area contributed by atoms with E-state index in [9.17, 15) is 9.59 Å². The second-order valence-electron chi connectivity index (χ2n) is 7.17. The Morgan fingerprint density at radius 1 is 1.13 bits per heavy atom. The SMILES string of the molecule is O=C(CN1CCN(C(=O)CCc2nc(-c3cccs3)no2)CC1)Nc1ccccc1Cl. The number of carbonyl (C=O) groups excluding carboxylic acids is 2. The molecule has 162 valence electrons. The van der Waals surface area contributed by atoms with Gasteiger partial charge in [0.2, 0.25) is 23.5 Å². The van der Waals surface area contributed by atoms with Crippen LogP contribution in [0.5, 0.6) is 0 Å². The number of amides is 2. The van der Waals surface area contributed by atoms with E-state index in [2.05, 4.69) is 15.5 Å². The van der Waals surface area contributed by atoms with Gasteiger partial charge in [0.15, 0.2) is 0 Å². The number of hydrogen-bond donors (Lipinski definition) is 1. The molecule has 3 heterocycles. The minimum Gasteiger partial charge on any atom is -0.340 e. The van der Waals surface area contributed by atoms with Gasteiger partial charge < -0.3 is 14.7 Å². The smallest absolute Gasteiger partial charge is 0.238 e. The second kappa shape index (κ2) is 10.0. The third-order valence-electron chi connectivity index (χ3n) is 5.00. The van der Waals surface area contributed by atoms with Gasteiger partial charge in [0.05, 0.1) is 22.1 Å². The van der Waals surface area contributed by atoms with Crippen LogP contribution in [0.1, 0.15) is 12.3 Å². The van der Waals surface area contributed by atoms with Crippen LogP contribution in [-0.2, 0) is 16.0 Å². The summed E-state index contributed by atoms with van der Waals surface area (Å²) in [6.45, 7) is 2.72. The number of nitrogens with one attached hydrogen (secondary N) is 1. The topological polar surface area (TPSA) is 91.6 Å². The first kappa shape index (κ1) is 21.5. The molecule has 3 aromatic rings. The summed E-state index contributed by atoms with van der Waals surface area (Å²) in [4.78, 5) is 34.0. The predicted molar refractivity (Wildman–Crippen MR) is 119 cm³/mol. The largest absolute Gasteiger partial charge is 0.340 e. The molecule has 2 aromatic heterocycles. The van der Waals surface area contributed by atoms with Crippen LogP contribution in [0, 0.1) is 0 Å². The maximum atomic E-state index is 12.5. The summed E-state index contributed by atoms with van der Waals surface area (Å²) in [5.41, 5.74) is 0.603. The van der Waals surface area contributed by atoms with E-state index in [0.29, 0.717) is 61.4 Å². The van der Waals surface area contributed by atoms with Crippen molar-refractivity contribution < 1.29 is 14.1 Å². The summed E-state index contributed by atoms with van der Waals surface area (Å²) in [6, 6.07) is 11.0. The van der Waals surface area contributed by atoms with E-state index in [1.807, 2.05) is 39.4 Å². The zero-order valence-corrected chi connectivity index (χ0v) is 18.4. The fraction of sp³-hybridized carbons (Fsp3) is 0.333. The molecule has 1 aliphatic rings. The Kier molecular flexibility index (Phi) is 6.96. The predicted octanol–water partition coefficient (Wildman–Crippen LogP) is 3.17. The molecule has 0 unspecified atom stereocenters. The molecule has 31 heavy (non-hydrogen) atoms. The highest BCUT2D eigenvalue weighted by Crippen LogP contribution is 2.22. The van der Waals surface area contributed by atoms with Crippen molar-refractivity contribution >= 4 is 40.4 Å². The molecular formula is C21H22ClN5O3S. The standard InChI is InChI=1S/C21H22ClN5O3S/c22-15-4-1-2-5-16(15)23-18(28)14-26-9-11-27(12-10-26)20(29)8-7-19-24-21(25-30-19)17-6-3-13-31-17/h1-6,13H,7-12,14H2,(H,23,28). The van der Waals surface area contributed by atoms with Crippen molar-refractivity contribution in [1.29, 1.82) is 0 Å². The van der Waals surface area contributed by atoms with Crippen molar-refractivity contribution in [1.82, 2.24) is 19.9 Å². The molecular weight excluding hydrogens is 438 g/mol. The molecule has 0 aliphatic carbocycles. The highest BCUT2D eigenvalue weighted by molar-refractivity contribution is 7.13. The fourth-order valence-electron chi connectivity index (χ4n) is 3.35. The highest BCUT2D eigenvalue weighted by Gasteiger charge is 2.23. The molecule has 1 saturated heterocycles. The monoisotopic (exact) mass is 459 g/mol. The lowest BCUT2D eigenvalue weighted by molar-refractivity contribution is -0.133. The van der Waals surface area contributed by atoms with E-state index in [1.165, 1.54) is 0 Å². The van der Waals surface area contributed by atoms with E-state index >= 15 is 0 Å². The minimum atomic E-state index is -0.120. The molecule has 10 heteroatoms. The summed E-state index contributed by atoms with van der Waals surface area (Å²) in [6.07, 6.45) is 0.733. The summed E-state index contributed by atoms with van der Waals surface area (Å²) >= 11 is 7.62. The maximum absolute atomic E-state index is 12.5. The molecule has 0 radical (unpaired) electrons. The van der Waals surface area contributed by atoms with Gasteiger partial charge in [0.1, 0.15) is 0 Å². The van der Waals surface area contributed by atoms with Crippen molar-refractivity contribution in [2.24, 2.45) is 0 Å². The molecule has 1 N–H and O–H groups in total. The quantitative estimate of drug-likeness (QED) is 0.583. The van der Waals surface area contributed by atoms with Crippen LogP contribution < -0.4 is 5.32 Å². The molecule has 0 saturated carbocycles. The Morgan fingerprint density at radius 3 is 2.68 bits per heavy atom. The molecule has 0 atom stereocenters. The Morgan fingerprint density at radius 2 is 1.94 bits per heavy atom. The molecule has 0 spiro atoms. The maximum Gasteiger partial charge on any atom is 0.238 e. The molecule has 4 rings (SSSR count). The molecule has 1 fully saturated rings. The minimum absolute atomic E-state index is 0.0519. The number of rotatable bonds is 7. The Hall–Kier alpha value is -2.75. The Bertz CT molecular complexity index is 1030. The first-order valence-electron chi connectivity index (χ1n) is 9.99. The highest BCUT2D eigenvalue weighted by atomic mass is 35.5. The van der Waals surface area contributed by atoms with Crippen LogP contribution >= 0.6 is 22.9 Å². The zero-order valence-electron chi connectivity index (χ0n) is 16.8. The van der Waals surface area contributed by atoms with Gasteiger partial charge in [-0.1, -0.05) is 35.0 Å². The van der Waals surface area contributed by atoms with Gasteiger partial charge in [0, 0.05) is 39.0 Å². The van der Waals surface area contributed by atoms with Gasteiger partial charge in [-0.25, -0.2) is 0 Å². The van der Waals surface area contributed by atoms with E-state index in [-0.39, 0.29) is 18.4 Å². The average molecular weight is 460 g/mol. The van der Waals surface area contributed by atoms with Gasteiger partial charge in [-0.3, -0.25) is 14.5 Å². The summed E-state index contributed by atoms with van der Waals surface area (Å²) in [7, 11) is 0. The van der Waals surface area contributed by atoms with Crippen LogP contribution in [0.15, 0.2) is 46.3 Å². The number of halogens is 1. The van der Waals surface area contributed by atoms with Crippen molar-refractivity contribution in [3.8, 4) is 10.7 Å². The summed E-state index contributed by atoms with van der Waals surface area (Å²) < 4.78 is 5.26. The molecule has 1 aromatic carbocycles. The van der Waals surface area contributed by atoms with Crippen molar-refractivity contribution in [2.75, 3.05) is 38.0 Å². The van der Waals surface area contributed by atoms with Crippen LogP contribution in [0.2, 0.25) is 5.02 Å². The lowest BCUT2D eigenvalue weighted by atomic mass is 10.2. The van der Waals surface area contributed by atoms with Crippen LogP contribution in [0.25, 0.3) is 10.7 Å². The van der Waals surface area contributed by atoms with E-state index in [4.69, 9.17) is 16.1 Å². The van der Waals surface area contributed by atoms with Crippen molar-refractivity contribution in [3.63, 3.8) is 0 Å². The van der Waals surface area contributed by atoms with Gasteiger partial charge in [-0.2, -0.15) is 4.98 Å². The number of carbonyl (C=O) groups is 2. The van der Waals surface area contributed by atoms with E-state index in [1.54, 1.807) is 23.5 Å². The lowest BCUT2D eigenvalue weighted by Gasteiger charge is -2.34. The normalized spacial score (nSPS) is 14.5. The molecule has 8 nitrogen and oxygen atoms in total. The number of thiophene rings is 1. The van der Waals surface area contributed by atoms with Gasteiger partial charge in [0.25, 0.3) is 0 Å². The number of benzene rings is 1. The number of piperazine rings is 1. The lowest BCUT2D eigenvalue weighted by Crippen LogP contribution is -2.50. The van der Waals surface area contributed by atoms with Gasteiger partial charge in [-0.15, -0.1) is 11.3 Å². The third kappa shape index (κ3) is 5.69. The molecule has 2 amide bonds. The average Bonchev–Trinajstić information content (AvgIpc) is 3.46. The first-order valence-corrected chi connectivity index (χ1v) is 11.3. The van der Waals surface area contributed by atoms with Crippen LogP contribution in [0.4, 0.5) is 5.69 Å². The zero-order chi connectivity index (χ0) is 21.6. The van der Waals surface area contributed by atoms with Crippen LogP contribution in [-0.4, -0.2) is 64.5 Å². The third-order valence-corrected chi connectivity index (χ3v) is 6.20. The summed E-state index contributed by atoms with van der Waals surface area (Å²) in [5, 5.41) is 9.26. The number of nitrogens with zero attached hydrogens (tertiary/aromatic N) is 4. The number of aromatic nitrogens is 2. The van der Waals surface area contributed by atoms with Crippen LogP contribution in [0.3, 0.4) is 0 Å². The van der Waals surface area contributed by atoms with E-state index in [0.717, 1.165) is 4.88 Å². The van der Waals surface area contributed by atoms with Crippen molar-refractivity contribution in [3.05, 3.63) is 52.7 Å². The van der Waals surface area contributed by atoms with Gasteiger partial charge >= 0.3 is 0 Å². The van der Waals surface area contributed by atoms with Gasteiger partial charge in [-0.05, 0) is 23.6 Å². The Balaban J connectivity index is 1.19. The van der Waals surface area contributed by atoms with Crippen molar-refractivity contribution in [2.45, 2.75) is 12.8 Å². The summed E-state index contributed by atoms with van der Waals surface area (Å²) in [5.74, 6) is 0.953. The van der Waals surface area contributed by atoms with E-state index < -0.39 is 0 Å². The number of hydrogen-bond acceptors (Lipinski definition) is 7. The second-order valence-corrected chi connectivity index (χ2v) is 8.53. The molecule has 0 bridgehead atoms. The number of aryl methyl sites for hydroxylation is 1.